The van der Waals surface area contributed by atoms with Crippen LogP contribution in [0.3, 0.4) is 0 Å². The number of piperidine rings is 1. The molecule has 0 spiro atoms. The summed E-state index contributed by atoms with van der Waals surface area (Å²) in [5.41, 5.74) is 0.813. The van der Waals surface area contributed by atoms with Crippen LogP contribution in [0, 0.1) is 23.2 Å². The molecule has 1 amide bonds. The highest BCUT2D eigenvalue weighted by Crippen LogP contribution is 2.26. The van der Waals surface area contributed by atoms with Crippen LogP contribution in [0.25, 0.3) is 0 Å². The second kappa shape index (κ2) is 7.73. The highest BCUT2D eigenvalue weighted by Gasteiger charge is 2.36. The Bertz CT molecular complexity index is 604. The summed E-state index contributed by atoms with van der Waals surface area (Å²) in [7, 11) is 0. The summed E-state index contributed by atoms with van der Waals surface area (Å²) in [6.07, 6.45) is 5.26. The SMILES string of the molecule is N#Cc1ccc(C(=O)N2C[C@@H](CN3CCCCC3)[C@@H](CO)C2)cn1. The number of hydrogen-bond donors (Lipinski definition) is 1. The number of pyridine rings is 1. The van der Waals surface area contributed by atoms with E-state index in [-0.39, 0.29) is 18.4 Å². The zero-order valence-corrected chi connectivity index (χ0v) is 13.9. The summed E-state index contributed by atoms with van der Waals surface area (Å²) in [6, 6.07) is 5.18. The van der Waals surface area contributed by atoms with E-state index in [1.54, 1.807) is 12.1 Å². The number of amides is 1. The molecule has 0 bridgehead atoms. The van der Waals surface area contributed by atoms with E-state index in [0.29, 0.717) is 30.3 Å². The molecule has 6 nitrogen and oxygen atoms in total. The van der Waals surface area contributed by atoms with Crippen LogP contribution < -0.4 is 0 Å². The molecule has 3 heterocycles. The molecule has 2 saturated heterocycles. The first-order valence-corrected chi connectivity index (χ1v) is 8.70. The van der Waals surface area contributed by atoms with E-state index in [4.69, 9.17) is 5.26 Å². The number of rotatable bonds is 4. The van der Waals surface area contributed by atoms with Gasteiger partial charge in [-0.1, -0.05) is 6.42 Å². The van der Waals surface area contributed by atoms with Gasteiger partial charge in [0.1, 0.15) is 11.8 Å². The van der Waals surface area contributed by atoms with E-state index in [2.05, 4.69) is 9.88 Å². The molecule has 0 aliphatic carbocycles. The third-order valence-electron chi connectivity index (χ3n) is 5.16. The lowest BCUT2D eigenvalue weighted by Gasteiger charge is -2.30. The highest BCUT2D eigenvalue weighted by atomic mass is 16.3. The van der Waals surface area contributed by atoms with Gasteiger partial charge in [-0.3, -0.25) is 4.79 Å². The normalized spacial score (nSPS) is 24.8. The number of carbonyl (C=O) groups is 1. The monoisotopic (exact) mass is 328 g/mol. The van der Waals surface area contributed by atoms with Gasteiger partial charge in [0.25, 0.3) is 5.91 Å². The summed E-state index contributed by atoms with van der Waals surface area (Å²) in [5.74, 6) is 0.400. The van der Waals surface area contributed by atoms with E-state index in [1.807, 2.05) is 11.0 Å². The second-order valence-electron chi connectivity index (χ2n) is 6.82. The van der Waals surface area contributed by atoms with Crippen molar-refractivity contribution in [3.63, 3.8) is 0 Å². The van der Waals surface area contributed by atoms with E-state index in [1.165, 1.54) is 25.5 Å². The first-order chi connectivity index (χ1) is 11.7. The first-order valence-electron chi connectivity index (χ1n) is 8.70. The predicted molar refractivity (Wildman–Crippen MR) is 89.2 cm³/mol. The molecule has 24 heavy (non-hydrogen) atoms. The molecule has 2 fully saturated rings. The molecule has 0 radical (unpaired) electrons. The van der Waals surface area contributed by atoms with Crippen LogP contribution in [-0.4, -0.2) is 65.1 Å². The van der Waals surface area contributed by atoms with Crippen molar-refractivity contribution in [2.45, 2.75) is 19.3 Å². The molecular formula is C18H24N4O2. The highest BCUT2D eigenvalue weighted by molar-refractivity contribution is 5.94. The average Bonchev–Trinajstić information content (AvgIpc) is 3.05. The van der Waals surface area contributed by atoms with Crippen LogP contribution in [0.15, 0.2) is 18.3 Å². The maximum Gasteiger partial charge on any atom is 0.255 e. The van der Waals surface area contributed by atoms with Crippen LogP contribution in [0.4, 0.5) is 0 Å². The smallest absolute Gasteiger partial charge is 0.255 e. The Morgan fingerprint density at radius 3 is 2.62 bits per heavy atom. The largest absolute Gasteiger partial charge is 0.396 e. The summed E-state index contributed by atoms with van der Waals surface area (Å²) in [5, 5.41) is 18.5. The molecule has 6 heteroatoms. The Labute approximate surface area is 142 Å². The molecule has 2 atom stereocenters. The maximum atomic E-state index is 12.7. The fourth-order valence-electron chi connectivity index (χ4n) is 3.76. The summed E-state index contributed by atoms with van der Waals surface area (Å²) in [6.45, 7) is 4.60. The van der Waals surface area contributed by atoms with E-state index < -0.39 is 0 Å². The van der Waals surface area contributed by atoms with Crippen molar-refractivity contribution in [1.82, 2.24) is 14.8 Å². The van der Waals surface area contributed by atoms with Gasteiger partial charge < -0.3 is 14.9 Å². The van der Waals surface area contributed by atoms with Gasteiger partial charge in [0.2, 0.25) is 0 Å². The zero-order chi connectivity index (χ0) is 16.9. The molecule has 2 aliphatic heterocycles. The van der Waals surface area contributed by atoms with Gasteiger partial charge >= 0.3 is 0 Å². The quantitative estimate of drug-likeness (QED) is 0.896. The van der Waals surface area contributed by atoms with Crippen LogP contribution in [-0.2, 0) is 0 Å². The molecule has 128 valence electrons. The summed E-state index contributed by atoms with van der Waals surface area (Å²) >= 11 is 0. The Balaban J connectivity index is 1.63. The van der Waals surface area contributed by atoms with Crippen molar-refractivity contribution in [2.24, 2.45) is 11.8 Å². The number of carbonyl (C=O) groups excluding carboxylic acids is 1. The Morgan fingerprint density at radius 1 is 1.25 bits per heavy atom. The van der Waals surface area contributed by atoms with Crippen LogP contribution in [0.5, 0.6) is 0 Å². The molecule has 0 aromatic carbocycles. The number of hydrogen-bond acceptors (Lipinski definition) is 5. The van der Waals surface area contributed by atoms with Crippen molar-refractivity contribution in [1.29, 1.82) is 5.26 Å². The minimum absolute atomic E-state index is 0.0633. The molecule has 1 N–H and O–H groups in total. The first kappa shape index (κ1) is 16.9. The third kappa shape index (κ3) is 3.74. The van der Waals surface area contributed by atoms with Gasteiger partial charge in [0.05, 0.1) is 5.56 Å². The van der Waals surface area contributed by atoms with Crippen LogP contribution in [0.2, 0.25) is 0 Å². The third-order valence-corrected chi connectivity index (χ3v) is 5.16. The van der Waals surface area contributed by atoms with Crippen molar-refractivity contribution in [3.05, 3.63) is 29.6 Å². The Hall–Kier alpha value is -1.97. The average molecular weight is 328 g/mol. The number of aliphatic hydroxyl groups excluding tert-OH is 1. The molecule has 3 rings (SSSR count). The molecule has 1 aromatic heterocycles. The van der Waals surface area contributed by atoms with Crippen molar-refractivity contribution < 1.29 is 9.90 Å². The van der Waals surface area contributed by atoms with Gasteiger partial charge in [-0.05, 0) is 44.0 Å². The number of likely N-dealkylation sites (tertiary alicyclic amines) is 2. The lowest BCUT2D eigenvalue weighted by molar-refractivity contribution is 0.0778. The molecule has 1 aromatic rings. The standard InChI is InChI=1S/C18H24N4O2/c19-8-17-5-4-14(9-20-17)18(24)22-11-15(16(12-22)13-23)10-21-6-2-1-3-7-21/h4-5,9,15-16,23H,1-3,6-7,10-13H2/t15-,16-/m1/s1. The second-order valence-corrected chi connectivity index (χ2v) is 6.82. The predicted octanol–water partition coefficient (Wildman–Crippen LogP) is 1.12. The zero-order valence-electron chi connectivity index (χ0n) is 13.9. The maximum absolute atomic E-state index is 12.7. The van der Waals surface area contributed by atoms with Crippen molar-refractivity contribution in [2.75, 3.05) is 39.3 Å². The molecule has 0 saturated carbocycles. The van der Waals surface area contributed by atoms with Crippen molar-refractivity contribution in [3.8, 4) is 6.07 Å². The fraction of sp³-hybridized carbons (Fsp3) is 0.611. The Kier molecular flexibility index (Phi) is 5.44. The number of nitrogens with zero attached hydrogens (tertiary/aromatic N) is 4. The number of nitriles is 1. The summed E-state index contributed by atoms with van der Waals surface area (Å²) in [4.78, 5) is 20.9. The molecule has 0 unspecified atom stereocenters. The van der Waals surface area contributed by atoms with Gasteiger partial charge in [0.15, 0.2) is 0 Å². The van der Waals surface area contributed by atoms with Crippen LogP contribution >= 0.6 is 0 Å². The topological polar surface area (TPSA) is 80.5 Å². The Morgan fingerprint density at radius 2 is 2.00 bits per heavy atom. The fourth-order valence-corrected chi connectivity index (χ4v) is 3.76. The lowest BCUT2D eigenvalue weighted by atomic mass is 9.95. The van der Waals surface area contributed by atoms with E-state index in [9.17, 15) is 9.90 Å². The minimum atomic E-state index is -0.0633. The van der Waals surface area contributed by atoms with Gasteiger partial charge in [-0.2, -0.15) is 5.26 Å². The van der Waals surface area contributed by atoms with E-state index in [0.717, 1.165) is 19.6 Å². The van der Waals surface area contributed by atoms with Gasteiger partial charge in [0, 0.05) is 38.4 Å². The summed E-state index contributed by atoms with van der Waals surface area (Å²) < 4.78 is 0. The molecular weight excluding hydrogens is 304 g/mol. The number of aliphatic hydroxyl groups is 1. The van der Waals surface area contributed by atoms with E-state index >= 15 is 0 Å². The lowest BCUT2D eigenvalue weighted by Crippen LogP contribution is -2.37. The van der Waals surface area contributed by atoms with Gasteiger partial charge in [-0.25, -0.2) is 4.98 Å². The minimum Gasteiger partial charge on any atom is -0.396 e. The molecule has 2 aliphatic rings. The van der Waals surface area contributed by atoms with Crippen LogP contribution in [0.1, 0.15) is 35.3 Å². The number of aromatic nitrogens is 1. The van der Waals surface area contributed by atoms with Crippen molar-refractivity contribution >= 4 is 5.91 Å². The van der Waals surface area contributed by atoms with Gasteiger partial charge in [-0.15, -0.1) is 0 Å².